The van der Waals surface area contributed by atoms with E-state index in [1.807, 2.05) is 0 Å². The highest BCUT2D eigenvalue weighted by Gasteiger charge is 2.74. The normalized spacial score (nSPS) is 63.7. The highest BCUT2D eigenvalue weighted by Crippen LogP contribution is 2.79. The number of fused-ring (bicyclic) bond motifs is 4. The Morgan fingerprint density at radius 3 is 2.25 bits per heavy atom. The molecular weight excluding hydrogens is 144 g/mol. The van der Waals surface area contributed by atoms with Gasteiger partial charge in [-0.1, -0.05) is 39.8 Å². The maximum atomic E-state index is 2.45. The maximum Gasteiger partial charge on any atom is -0.00444 e. The molecule has 3 aliphatic rings. The van der Waals surface area contributed by atoms with Gasteiger partial charge >= 0.3 is 0 Å². The second-order valence-corrected chi connectivity index (χ2v) is 5.92. The predicted octanol–water partition coefficient (Wildman–Crippen LogP) is 3.10. The van der Waals surface area contributed by atoms with E-state index < -0.39 is 0 Å². The Labute approximate surface area is 75.0 Å². The van der Waals surface area contributed by atoms with E-state index in [1.165, 1.54) is 0 Å². The molecule has 0 bridgehead atoms. The van der Waals surface area contributed by atoms with Crippen molar-refractivity contribution in [2.75, 3.05) is 0 Å². The fourth-order valence-electron chi connectivity index (χ4n) is 4.43. The summed E-state index contributed by atoms with van der Waals surface area (Å²) in [5, 5.41) is 0. The van der Waals surface area contributed by atoms with Crippen LogP contribution in [0.1, 0.15) is 27.7 Å². The fraction of sp³-hybridized carbons (Fsp3) is 0.833. The molecule has 0 spiro atoms. The summed E-state index contributed by atoms with van der Waals surface area (Å²) in [4.78, 5) is 0. The molecule has 0 heterocycles. The summed E-state index contributed by atoms with van der Waals surface area (Å²) in [6, 6.07) is 0. The molecule has 0 amide bonds. The van der Waals surface area contributed by atoms with Gasteiger partial charge in [0.15, 0.2) is 0 Å². The molecule has 0 radical (unpaired) electrons. The third-order valence-corrected chi connectivity index (χ3v) is 5.40. The van der Waals surface area contributed by atoms with Crippen molar-refractivity contribution in [1.29, 1.82) is 0 Å². The lowest BCUT2D eigenvalue weighted by atomic mass is 9.25. The van der Waals surface area contributed by atoms with Gasteiger partial charge in [0.25, 0.3) is 0 Å². The molecule has 0 aromatic rings. The first-order valence-electron chi connectivity index (χ1n) is 5.19. The minimum Gasteiger partial charge on any atom is -0.0837 e. The second kappa shape index (κ2) is 1.54. The van der Waals surface area contributed by atoms with E-state index in [-0.39, 0.29) is 0 Å². The van der Waals surface area contributed by atoms with E-state index in [2.05, 4.69) is 39.8 Å². The molecule has 0 heteroatoms. The Kier molecular flexibility index (Phi) is 0.919. The zero-order valence-corrected chi connectivity index (χ0v) is 8.46. The molecule has 0 N–H and O–H groups in total. The molecule has 2 saturated carbocycles. The lowest BCUT2D eigenvalue weighted by Gasteiger charge is -2.78. The first-order valence-corrected chi connectivity index (χ1v) is 5.19. The van der Waals surface area contributed by atoms with Crippen LogP contribution < -0.4 is 0 Å². The summed E-state index contributed by atoms with van der Waals surface area (Å²) in [5.74, 6) is 3.93. The van der Waals surface area contributed by atoms with Crippen LogP contribution in [0.4, 0.5) is 0 Å². The summed E-state index contributed by atoms with van der Waals surface area (Å²) in [6.45, 7) is 9.79. The van der Waals surface area contributed by atoms with Crippen LogP contribution >= 0.6 is 0 Å². The lowest BCUT2D eigenvalue weighted by Crippen LogP contribution is -2.74. The van der Waals surface area contributed by atoms with Crippen LogP contribution in [-0.2, 0) is 0 Å². The third-order valence-electron chi connectivity index (χ3n) is 5.40. The number of allylic oxidation sites excluding steroid dienone is 2. The zero-order chi connectivity index (χ0) is 8.72. The second-order valence-electron chi connectivity index (χ2n) is 5.92. The molecule has 3 aliphatic carbocycles. The first kappa shape index (κ1) is 7.17. The van der Waals surface area contributed by atoms with E-state index in [0.29, 0.717) is 10.8 Å². The quantitative estimate of drug-likeness (QED) is 0.480. The van der Waals surface area contributed by atoms with Crippen LogP contribution in [0.25, 0.3) is 0 Å². The Morgan fingerprint density at radius 2 is 1.83 bits per heavy atom. The standard InChI is InChI=1S/C12H18/c1-7-9-8-5-6-12(8,4)10(9)11(7,2)3/h5-10H,1-4H3. The van der Waals surface area contributed by atoms with Gasteiger partial charge in [-0.25, -0.2) is 0 Å². The van der Waals surface area contributed by atoms with Crippen molar-refractivity contribution in [1.82, 2.24) is 0 Å². The summed E-state index contributed by atoms with van der Waals surface area (Å²) in [6.07, 6.45) is 4.89. The molecule has 0 saturated heterocycles. The monoisotopic (exact) mass is 162 g/mol. The van der Waals surface area contributed by atoms with Crippen LogP contribution in [0.3, 0.4) is 0 Å². The van der Waals surface area contributed by atoms with Gasteiger partial charge in [-0.3, -0.25) is 0 Å². The molecule has 5 atom stereocenters. The van der Waals surface area contributed by atoms with Crippen molar-refractivity contribution in [3.05, 3.63) is 12.2 Å². The molecule has 3 rings (SSSR count). The van der Waals surface area contributed by atoms with Gasteiger partial charge in [0.1, 0.15) is 0 Å². The number of rotatable bonds is 0. The molecule has 12 heavy (non-hydrogen) atoms. The molecule has 0 aliphatic heterocycles. The average Bonchev–Trinajstić information content (AvgIpc) is 2.00. The van der Waals surface area contributed by atoms with Crippen LogP contribution in [-0.4, -0.2) is 0 Å². The lowest BCUT2D eigenvalue weighted by molar-refractivity contribution is -0.272. The van der Waals surface area contributed by atoms with Gasteiger partial charge in [0.2, 0.25) is 0 Å². The molecule has 66 valence electrons. The average molecular weight is 162 g/mol. The SMILES string of the molecule is CC1C2C3C=CC3(C)C2C1(C)C. The zero-order valence-electron chi connectivity index (χ0n) is 8.46. The Hall–Kier alpha value is -0.260. The minimum atomic E-state index is 0.612. The molecular formula is C12H18. The van der Waals surface area contributed by atoms with Crippen molar-refractivity contribution in [3.8, 4) is 0 Å². The summed E-state index contributed by atoms with van der Waals surface area (Å²) in [5.41, 5.74) is 1.22. The van der Waals surface area contributed by atoms with Gasteiger partial charge in [-0.15, -0.1) is 0 Å². The van der Waals surface area contributed by atoms with Crippen molar-refractivity contribution in [2.24, 2.45) is 34.5 Å². The van der Waals surface area contributed by atoms with E-state index in [4.69, 9.17) is 0 Å². The van der Waals surface area contributed by atoms with Crippen molar-refractivity contribution in [3.63, 3.8) is 0 Å². The van der Waals surface area contributed by atoms with E-state index in [9.17, 15) is 0 Å². The van der Waals surface area contributed by atoms with E-state index >= 15 is 0 Å². The highest BCUT2D eigenvalue weighted by atomic mass is 14.8. The predicted molar refractivity (Wildman–Crippen MR) is 50.7 cm³/mol. The maximum absolute atomic E-state index is 2.45. The molecule has 0 nitrogen and oxygen atoms in total. The topological polar surface area (TPSA) is 0 Å². The molecule has 5 unspecified atom stereocenters. The van der Waals surface area contributed by atoms with Gasteiger partial charge in [0.05, 0.1) is 0 Å². The number of hydrogen-bond donors (Lipinski definition) is 0. The fourth-order valence-corrected chi connectivity index (χ4v) is 4.43. The van der Waals surface area contributed by atoms with Crippen molar-refractivity contribution in [2.45, 2.75) is 27.7 Å². The van der Waals surface area contributed by atoms with Crippen molar-refractivity contribution < 1.29 is 0 Å². The molecule has 0 aromatic heterocycles. The first-order chi connectivity index (χ1) is 5.49. The summed E-state index contributed by atoms with van der Waals surface area (Å²) in [7, 11) is 0. The third kappa shape index (κ3) is 0.427. The molecule has 0 aromatic carbocycles. The largest absolute Gasteiger partial charge is 0.0837 e. The van der Waals surface area contributed by atoms with Crippen LogP contribution in [0.5, 0.6) is 0 Å². The smallest absolute Gasteiger partial charge is 0.00444 e. The minimum absolute atomic E-state index is 0.612. The summed E-state index contributed by atoms with van der Waals surface area (Å²) < 4.78 is 0. The summed E-state index contributed by atoms with van der Waals surface area (Å²) >= 11 is 0. The van der Waals surface area contributed by atoms with Crippen LogP contribution in [0.15, 0.2) is 12.2 Å². The number of hydrogen-bond acceptors (Lipinski definition) is 0. The van der Waals surface area contributed by atoms with Crippen molar-refractivity contribution >= 4 is 0 Å². The van der Waals surface area contributed by atoms with Gasteiger partial charge in [-0.05, 0) is 34.5 Å². The van der Waals surface area contributed by atoms with Crippen LogP contribution in [0.2, 0.25) is 0 Å². The molecule has 2 fully saturated rings. The van der Waals surface area contributed by atoms with E-state index in [0.717, 1.165) is 23.7 Å². The van der Waals surface area contributed by atoms with Gasteiger partial charge in [-0.2, -0.15) is 0 Å². The Bertz CT molecular complexity index is 274. The Morgan fingerprint density at radius 1 is 1.17 bits per heavy atom. The Balaban J connectivity index is 1.98. The van der Waals surface area contributed by atoms with Crippen LogP contribution in [0, 0.1) is 34.5 Å². The van der Waals surface area contributed by atoms with E-state index in [1.54, 1.807) is 0 Å². The highest BCUT2D eigenvalue weighted by molar-refractivity contribution is 5.35. The van der Waals surface area contributed by atoms with Gasteiger partial charge in [0, 0.05) is 0 Å². The van der Waals surface area contributed by atoms with Gasteiger partial charge < -0.3 is 0 Å².